The Morgan fingerprint density at radius 3 is 2.73 bits per heavy atom. The van der Waals surface area contributed by atoms with Crippen LogP contribution in [0.25, 0.3) is 0 Å². The molecule has 0 atom stereocenters. The number of nitrogens with two attached hydrogens (primary N) is 1. The molecule has 0 unspecified atom stereocenters. The van der Waals surface area contributed by atoms with E-state index in [0.717, 1.165) is 29.2 Å². The molecular formula is C17H19N3O2. The van der Waals surface area contributed by atoms with Crippen LogP contribution < -0.4 is 20.5 Å². The molecule has 3 rings (SSSR count). The Bertz CT molecular complexity index is 656. The number of ether oxygens (including phenoxy) is 2. The fourth-order valence-electron chi connectivity index (χ4n) is 2.26. The van der Waals surface area contributed by atoms with E-state index in [1.807, 2.05) is 48.5 Å². The van der Waals surface area contributed by atoms with E-state index >= 15 is 0 Å². The summed E-state index contributed by atoms with van der Waals surface area (Å²) in [7, 11) is 0. The predicted octanol–water partition coefficient (Wildman–Crippen LogP) is 2.77. The number of rotatable bonds is 3. The quantitative estimate of drug-likeness (QED) is 0.675. The fraction of sp³-hybridized carbons (Fsp3) is 0.235. The van der Waals surface area contributed by atoms with Crippen LogP contribution in [0.4, 0.5) is 5.69 Å². The zero-order chi connectivity index (χ0) is 15.2. The van der Waals surface area contributed by atoms with Gasteiger partial charge in [-0.3, -0.25) is 0 Å². The molecule has 3 N–H and O–H groups in total. The Balaban J connectivity index is 1.72. The molecule has 1 aliphatic rings. The van der Waals surface area contributed by atoms with Crippen molar-refractivity contribution >= 4 is 11.6 Å². The lowest BCUT2D eigenvalue weighted by Crippen LogP contribution is -2.22. The summed E-state index contributed by atoms with van der Waals surface area (Å²) in [5, 5.41) is 3.06. The number of hydrogen-bond donors (Lipinski definition) is 2. The summed E-state index contributed by atoms with van der Waals surface area (Å²) in [5.74, 6) is 1.93. The molecule has 0 radical (unpaired) electrons. The summed E-state index contributed by atoms with van der Waals surface area (Å²) in [6.45, 7) is 1.78. The number of fused-ring (bicyclic) bond motifs is 1. The molecule has 22 heavy (non-hydrogen) atoms. The lowest BCUT2D eigenvalue weighted by Gasteiger charge is -2.11. The van der Waals surface area contributed by atoms with Gasteiger partial charge in [0.15, 0.2) is 17.5 Å². The van der Waals surface area contributed by atoms with Crippen molar-refractivity contribution in [3.63, 3.8) is 0 Å². The van der Waals surface area contributed by atoms with Gasteiger partial charge < -0.3 is 20.5 Å². The van der Waals surface area contributed by atoms with Gasteiger partial charge in [-0.1, -0.05) is 30.3 Å². The minimum absolute atomic E-state index is 0.373. The molecular weight excluding hydrogens is 278 g/mol. The molecule has 114 valence electrons. The lowest BCUT2D eigenvalue weighted by atomic mass is 10.2. The Kier molecular flexibility index (Phi) is 4.44. The minimum atomic E-state index is 0.373. The van der Waals surface area contributed by atoms with Gasteiger partial charge in [0, 0.05) is 17.7 Å². The average Bonchev–Trinajstić information content (AvgIpc) is 2.79. The first-order valence-electron chi connectivity index (χ1n) is 7.32. The first kappa shape index (κ1) is 14.3. The van der Waals surface area contributed by atoms with Crippen LogP contribution >= 0.6 is 0 Å². The van der Waals surface area contributed by atoms with Crippen LogP contribution in [0.3, 0.4) is 0 Å². The van der Waals surface area contributed by atoms with Crippen molar-refractivity contribution in [2.75, 3.05) is 18.5 Å². The molecule has 0 amide bonds. The third-order valence-electron chi connectivity index (χ3n) is 3.32. The first-order chi connectivity index (χ1) is 10.8. The smallest absolute Gasteiger partial charge is 0.193 e. The molecule has 5 nitrogen and oxygen atoms in total. The van der Waals surface area contributed by atoms with Crippen LogP contribution in [0.2, 0.25) is 0 Å². The van der Waals surface area contributed by atoms with E-state index < -0.39 is 0 Å². The molecule has 0 spiro atoms. The summed E-state index contributed by atoms with van der Waals surface area (Å²) in [4.78, 5) is 4.38. The van der Waals surface area contributed by atoms with Gasteiger partial charge >= 0.3 is 0 Å². The number of aliphatic imine (C=N–C) groups is 1. The Morgan fingerprint density at radius 1 is 1.05 bits per heavy atom. The maximum atomic E-state index is 5.93. The Hall–Kier alpha value is -2.69. The number of para-hydroxylation sites is 2. The molecule has 0 bridgehead atoms. The minimum Gasteiger partial charge on any atom is -0.490 e. The van der Waals surface area contributed by atoms with E-state index in [9.17, 15) is 0 Å². The van der Waals surface area contributed by atoms with E-state index in [1.54, 1.807) is 0 Å². The summed E-state index contributed by atoms with van der Waals surface area (Å²) in [6, 6.07) is 15.6. The van der Waals surface area contributed by atoms with Gasteiger partial charge in [-0.2, -0.15) is 0 Å². The van der Waals surface area contributed by atoms with Gasteiger partial charge in [0.05, 0.1) is 19.8 Å². The highest BCUT2D eigenvalue weighted by molar-refractivity contribution is 5.92. The molecule has 2 aromatic rings. The van der Waals surface area contributed by atoms with E-state index in [0.29, 0.717) is 25.7 Å². The molecule has 0 saturated carbocycles. The number of hydrogen-bond acceptors (Lipinski definition) is 3. The zero-order valence-electron chi connectivity index (χ0n) is 12.3. The van der Waals surface area contributed by atoms with Crippen LogP contribution in [-0.2, 0) is 6.54 Å². The molecule has 0 aliphatic carbocycles. The molecule has 0 aromatic heterocycles. The van der Waals surface area contributed by atoms with Crippen molar-refractivity contribution in [2.24, 2.45) is 10.7 Å². The van der Waals surface area contributed by atoms with Gasteiger partial charge in [0.2, 0.25) is 0 Å². The van der Waals surface area contributed by atoms with Gasteiger partial charge in [0.1, 0.15) is 0 Å². The third-order valence-corrected chi connectivity index (χ3v) is 3.32. The van der Waals surface area contributed by atoms with E-state index in [4.69, 9.17) is 15.2 Å². The maximum Gasteiger partial charge on any atom is 0.193 e. The zero-order valence-corrected chi connectivity index (χ0v) is 12.3. The highest BCUT2D eigenvalue weighted by Gasteiger charge is 2.13. The van der Waals surface area contributed by atoms with Gasteiger partial charge in [-0.25, -0.2) is 4.99 Å². The third kappa shape index (κ3) is 3.49. The predicted molar refractivity (Wildman–Crippen MR) is 87.4 cm³/mol. The lowest BCUT2D eigenvalue weighted by molar-refractivity contribution is 0.296. The van der Waals surface area contributed by atoms with E-state index in [1.165, 1.54) is 0 Å². The normalized spacial score (nSPS) is 14.3. The van der Waals surface area contributed by atoms with Crippen LogP contribution in [0.1, 0.15) is 12.0 Å². The van der Waals surface area contributed by atoms with Crippen molar-refractivity contribution in [1.29, 1.82) is 0 Å². The second kappa shape index (κ2) is 6.85. The van der Waals surface area contributed by atoms with Crippen LogP contribution in [0, 0.1) is 0 Å². The summed E-state index contributed by atoms with van der Waals surface area (Å²) >= 11 is 0. The molecule has 2 aromatic carbocycles. The van der Waals surface area contributed by atoms with Crippen LogP contribution in [-0.4, -0.2) is 19.2 Å². The second-order valence-electron chi connectivity index (χ2n) is 4.99. The summed E-state index contributed by atoms with van der Waals surface area (Å²) < 4.78 is 11.4. The largest absolute Gasteiger partial charge is 0.490 e. The molecule has 1 aliphatic heterocycles. The molecule has 1 heterocycles. The molecule has 0 fully saturated rings. The number of nitrogens with zero attached hydrogens (tertiary/aromatic N) is 1. The highest BCUT2D eigenvalue weighted by atomic mass is 16.5. The van der Waals surface area contributed by atoms with Crippen LogP contribution in [0.5, 0.6) is 11.5 Å². The van der Waals surface area contributed by atoms with E-state index in [-0.39, 0.29) is 0 Å². The molecule has 0 saturated heterocycles. The summed E-state index contributed by atoms with van der Waals surface area (Å²) in [6.07, 6.45) is 0.884. The van der Waals surface area contributed by atoms with E-state index in [2.05, 4.69) is 10.3 Å². The number of guanidine groups is 1. The number of nitrogens with one attached hydrogen (secondary N) is 1. The van der Waals surface area contributed by atoms with Gasteiger partial charge in [-0.05, 0) is 18.2 Å². The topological polar surface area (TPSA) is 68.9 Å². The van der Waals surface area contributed by atoms with Crippen molar-refractivity contribution < 1.29 is 9.47 Å². The van der Waals surface area contributed by atoms with Gasteiger partial charge in [0.25, 0.3) is 0 Å². The second-order valence-corrected chi connectivity index (χ2v) is 4.99. The number of benzene rings is 2. The fourth-order valence-corrected chi connectivity index (χ4v) is 2.26. The Morgan fingerprint density at radius 2 is 1.86 bits per heavy atom. The van der Waals surface area contributed by atoms with Crippen LogP contribution in [0.15, 0.2) is 53.5 Å². The first-order valence-corrected chi connectivity index (χ1v) is 7.32. The van der Waals surface area contributed by atoms with Crippen molar-refractivity contribution in [2.45, 2.75) is 13.0 Å². The monoisotopic (exact) mass is 297 g/mol. The maximum absolute atomic E-state index is 5.93. The van der Waals surface area contributed by atoms with Crippen molar-refractivity contribution in [3.8, 4) is 11.5 Å². The number of anilines is 1. The Labute approximate surface area is 129 Å². The van der Waals surface area contributed by atoms with Gasteiger partial charge in [-0.15, -0.1) is 0 Å². The standard InChI is InChI=1S/C17H19N3O2/c18-17(20-14-7-2-1-3-8-14)19-12-13-6-4-9-15-16(13)22-11-5-10-21-15/h1-4,6-9H,5,10-12H2,(H3,18,19,20). The SMILES string of the molecule is NC(=NCc1cccc2c1OCCCO2)Nc1ccccc1. The van der Waals surface area contributed by atoms with Crippen molar-refractivity contribution in [3.05, 3.63) is 54.1 Å². The molecule has 5 heteroatoms. The average molecular weight is 297 g/mol. The van der Waals surface area contributed by atoms with Crippen molar-refractivity contribution in [1.82, 2.24) is 0 Å². The highest BCUT2D eigenvalue weighted by Crippen LogP contribution is 2.33. The summed E-state index contributed by atoms with van der Waals surface area (Å²) in [5.41, 5.74) is 7.81.